The van der Waals surface area contributed by atoms with E-state index < -0.39 is 29.2 Å². The van der Waals surface area contributed by atoms with Crippen LogP contribution in [0.25, 0.3) is 11.4 Å². The number of halogens is 3. The minimum atomic E-state index is -4.85. The van der Waals surface area contributed by atoms with Gasteiger partial charge in [0.1, 0.15) is 6.61 Å². The van der Waals surface area contributed by atoms with Gasteiger partial charge in [-0.3, -0.25) is 4.68 Å². The first-order valence-electron chi connectivity index (χ1n) is 8.11. The molecule has 144 valence electrons. The molecule has 1 aliphatic rings. The molecule has 0 bridgehead atoms. The summed E-state index contributed by atoms with van der Waals surface area (Å²) in [5.41, 5.74) is -3.17. The van der Waals surface area contributed by atoms with E-state index in [0.717, 1.165) is 0 Å². The molecule has 0 unspecified atom stereocenters. The zero-order chi connectivity index (χ0) is 19.5. The fourth-order valence-corrected chi connectivity index (χ4v) is 2.88. The second kappa shape index (κ2) is 5.71. The number of hydrogen-bond donors (Lipinski definition) is 2. The Hall–Kier alpha value is -2.07. The number of hydrogen-bond acceptors (Lipinski definition) is 5. The third-order valence-electron chi connectivity index (χ3n) is 4.26. The molecule has 3 rings (SSSR count). The lowest BCUT2D eigenvalue weighted by Gasteiger charge is -2.31. The highest BCUT2D eigenvalue weighted by Gasteiger charge is 2.55. The molecule has 0 aliphatic carbocycles. The first kappa shape index (κ1) is 18.7. The number of fused-ring (bicyclic) bond motifs is 3. The Morgan fingerprint density at radius 3 is 2.46 bits per heavy atom. The summed E-state index contributed by atoms with van der Waals surface area (Å²) < 4.78 is 48.2. The molecule has 3 heterocycles. The van der Waals surface area contributed by atoms with E-state index in [0.29, 0.717) is 24.9 Å². The van der Waals surface area contributed by atoms with E-state index in [9.17, 15) is 23.4 Å². The number of alkyl halides is 3. The lowest BCUT2D eigenvalue weighted by atomic mass is 10.0. The predicted molar refractivity (Wildman–Crippen MR) is 85.6 cm³/mol. The molecule has 0 saturated heterocycles. The average molecular weight is 374 g/mol. The topological polar surface area (TPSA) is 85.3 Å². The van der Waals surface area contributed by atoms with Gasteiger partial charge in [-0.2, -0.15) is 13.2 Å². The molecule has 0 saturated carbocycles. The summed E-state index contributed by atoms with van der Waals surface area (Å²) in [6.07, 6.45) is -3.56. The van der Waals surface area contributed by atoms with Crippen molar-refractivity contribution in [3.8, 4) is 17.3 Å². The first-order chi connectivity index (χ1) is 11.8. The van der Waals surface area contributed by atoms with Crippen LogP contribution in [0.5, 0.6) is 5.88 Å². The molecule has 7 nitrogen and oxygen atoms in total. The van der Waals surface area contributed by atoms with Crippen LogP contribution in [0.1, 0.15) is 39.6 Å². The Balaban J connectivity index is 2.01. The molecule has 0 aromatic carbocycles. The minimum absolute atomic E-state index is 0.0201. The maximum absolute atomic E-state index is 13.2. The van der Waals surface area contributed by atoms with Crippen LogP contribution < -0.4 is 4.74 Å². The van der Waals surface area contributed by atoms with Gasteiger partial charge in [0.25, 0.3) is 0 Å². The highest BCUT2D eigenvalue weighted by atomic mass is 19.4. The number of aromatic nitrogens is 4. The summed E-state index contributed by atoms with van der Waals surface area (Å²) in [5.74, 6) is -0.202. The number of aliphatic hydroxyl groups is 2. The van der Waals surface area contributed by atoms with Gasteiger partial charge in [-0.15, -0.1) is 5.10 Å². The molecule has 2 aromatic heterocycles. The number of imidazole rings is 1. The molecule has 2 atom stereocenters. The van der Waals surface area contributed by atoms with Gasteiger partial charge >= 0.3 is 6.18 Å². The maximum Gasteiger partial charge on any atom is 0.424 e. The maximum atomic E-state index is 13.2. The molecular weight excluding hydrogens is 353 g/mol. The lowest BCUT2D eigenvalue weighted by Crippen LogP contribution is -2.42. The summed E-state index contributed by atoms with van der Waals surface area (Å²) in [4.78, 5) is 3.85. The first-order valence-corrected chi connectivity index (χ1v) is 8.11. The van der Waals surface area contributed by atoms with Crippen LogP contribution >= 0.6 is 0 Å². The molecule has 10 heteroatoms. The van der Waals surface area contributed by atoms with Gasteiger partial charge in [0.05, 0.1) is 35.8 Å². The molecule has 26 heavy (non-hydrogen) atoms. The van der Waals surface area contributed by atoms with Crippen LogP contribution in [-0.2, 0) is 12.1 Å². The SMILES string of the molecule is C[C@H]1Cn2nc(OCC(C)(C)O)cc2-c2cnc([C@@](C)(O)C(F)(F)F)n21. The summed E-state index contributed by atoms with van der Waals surface area (Å²) >= 11 is 0. The van der Waals surface area contributed by atoms with Crippen LogP contribution in [0.3, 0.4) is 0 Å². The molecule has 1 aliphatic heterocycles. The van der Waals surface area contributed by atoms with Crippen LogP contribution in [0.15, 0.2) is 12.3 Å². The van der Waals surface area contributed by atoms with E-state index in [2.05, 4.69) is 10.1 Å². The van der Waals surface area contributed by atoms with E-state index >= 15 is 0 Å². The van der Waals surface area contributed by atoms with Crippen molar-refractivity contribution in [3.05, 3.63) is 18.1 Å². The molecule has 2 aromatic rings. The van der Waals surface area contributed by atoms with Crippen molar-refractivity contribution in [3.63, 3.8) is 0 Å². The number of nitrogens with zero attached hydrogens (tertiary/aromatic N) is 4. The highest BCUT2D eigenvalue weighted by Crippen LogP contribution is 2.42. The van der Waals surface area contributed by atoms with Gasteiger partial charge in [0.2, 0.25) is 11.5 Å². The number of rotatable bonds is 4. The fraction of sp³-hybridized carbons (Fsp3) is 0.625. The molecule has 0 fully saturated rings. The van der Waals surface area contributed by atoms with Crippen molar-refractivity contribution in [1.82, 2.24) is 19.3 Å². The third-order valence-corrected chi connectivity index (χ3v) is 4.26. The van der Waals surface area contributed by atoms with Gasteiger partial charge in [0.15, 0.2) is 5.82 Å². The largest absolute Gasteiger partial charge is 0.474 e. The highest BCUT2D eigenvalue weighted by molar-refractivity contribution is 5.58. The lowest BCUT2D eigenvalue weighted by molar-refractivity contribution is -0.262. The number of ether oxygens (including phenoxy) is 1. The van der Waals surface area contributed by atoms with Crippen molar-refractivity contribution >= 4 is 0 Å². The molecule has 0 spiro atoms. The molecule has 0 amide bonds. The van der Waals surface area contributed by atoms with E-state index in [1.165, 1.54) is 10.8 Å². The van der Waals surface area contributed by atoms with Crippen LogP contribution in [-0.4, -0.2) is 47.9 Å². The van der Waals surface area contributed by atoms with Crippen molar-refractivity contribution in [2.24, 2.45) is 0 Å². The second-order valence-electron chi connectivity index (χ2n) is 7.41. The Labute approximate surface area is 148 Å². The zero-order valence-corrected chi connectivity index (χ0v) is 14.9. The van der Waals surface area contributed by atoms with E-state index in [1.54, 1.807) is 31.5 Å². The predicted octanol–water partition coefficient (Wildman–Crippen LogP) is 2.24. The second-order valence-corrected chi connectivity index (χ2v) is 7.41. The van der Waals surface area contributed by atoms with Crippen molar-refractivity contribution in [1.29, 1.82) is 0 Å². The Kier molecular flexibility index (Phi) is 4.11. The Morgan fingerprint density at radius 1 is 1.23 bits per heavy atom. The van der Waals surface area contributed by atoms with Crippen molar-refractivity contribution in [2.45, 2.75) is 57.7 Å². The minimum Gasteiger partial charge on any atom is -0.474 e. The summed E-state index contributed by atoms with van der Waals surface area (Å²) in [6, 6.07) is 1.18. The smallest absolute Gasteiger partial charge is 0.424 e. The van der Waals surface area contributed by atoms with Crippen LogP contribution in [0.4, 0.5) is 13.2 Å². The van der Waals surface area contributed by atoms with Crippen molar-refractivity contribution < 1.29 is 28.1 Å². The van der Waals surface area contributed by atoms with E-state index in [-0.39, 0.29) is 12.5 Å². The van der Waals surface area contributed by atoms with Gasteiger partial charge in [-0.1, -0.05) is 0 Å². The average Bonchev–Trinajstić information content (AvgIpc) is 3.06. The normalized spacial score (nSPS) is 19.7. The Bertz CT molecular complexity index is 818. The van der Waals surface area contributed by atoms with Crippen LogP contribution in [0.2, 0.25) is 0 Å². The summed E-state index contributed by atoms with van der Waals surface area (Å²) in [5, 5.41) is 24.1. The van der Waals surface area contributed by atoms with E-state index in [4.69, 9.17) is 4.74 Å². The third kappa shape index (κ3) is 3.07. The van der Waals surface area contributed by atoms with E-state index in [1.807, 2.05) is 0 Å². The van der Waals surface area contributed by atoms with Crippen molar-refractivity contribution in [2.75, 3.05) is 6.61 Å². The summed E-state index contributed by atoms with van der Waals surface area (Å²) in [6.45, 7) is 5.91. The van der Waals surface area contributed by atoms with Crippen LogP contribution in [0, 0.1) is 0 Å². The van der Waals surface area contributed by atoms with Gasteiger partial charge in [-0.05, 0) is 27.7 Å². The Morgan fingerprint density at radius 2 is 1.88 bits per heavy atom. The molecular formula is C16H21F3N4O3. The molecule has 0 radical (unpaired) electrons. The summed E-state index contributed by atoms with van der Waals surface area (Å²) in [7, 11) is 0. The van der Waals surface area contributed by atoms with Gasteiger partial charge in [0, 0.05) is 6.07 Å². The quantitative estimate of drug-likeness (QED) is 0.857. The standard InChI is InChI=1S/C16H21F3N4O3/c1-9-7-22-10(5-12(21-22)26-8-14(2,3)24)11-6-20-13(23(9)11)15(4,25)16(17,18)19/h5-6,9,24-25H,7-8H2,1-4H3/t9-,15+/m0/s1. The fourth-order valence-electron chi connectivity index (χ4n) is 2.88. The zero-order valence-electron chi connectivity index (χ0n) is 14.9. The van der Waals surface area contributed by atoms with Gasteiger partial charge < -0.3 is 19.5 Å². The monoisotopic (exact) mass is 374 g/mol. The molecule has 2 N–H and O–H groups in total. The van der Waals surface area contributed by atoms with Gasteiger partial charge in [-0.25, -0.2) is 4.98 Å².